The molecule has 0 aromatic carbocycles. The second kappa shape index (κ2) is 6.74. The number of piperidine rings is 1. The first-order chi connectivity index (χ1) is 9.20. The molecule has 0 unspecified atom stereocenters. The van der Waals surface area contributed by atoms with E-state index in [4.69, 9.17) is 0 Å². The first-order valence-corrected chi connectivity index (χ1v) is 8.22. The van der Waals surface area contributed by atoms with Gasteiger partial charge in [-0.1, -0.05) is 20.3 Å². The zero-order valence-electron chi connectivity index (χ0n) is 12.6. The highest BCUT2D eigenvalue weighted by Crippen LogP contribution is 2.34. The Labute approximate surface area is 117 Å². The molecule has 3 nitrogen and oxygen atoms in total. The zero-order chi connectivity index (χ0) is 13.7. The number of rotatable bonds is 4. The predicted octanol–water partition coefficient (Wildman–Crippen LogP) is 2.85. The van der Waals surface area contributed by atoms with E-state index in [9.17, 15) is 4.79 Å². The molecule has 1 saturated heterocycles. The zero-order valence-corrected chi connectivity index (χ0v) is 12.6. The third-order valence-corrected chi connectivity index (χ3v) is 5.48. The lowest BCUT2D eigenvalue weighted by Gasteiger charge is -2.38. The number of carbonyl (C=O) groups is 1. The molecule has 1 heterocycles. The van der Waals surface area contributed by atoms with E-state index in [0.717, 1.165) is 38.3 Å². The monoisotopic (exact) mass is 266 g/mol. The van der Waals surface area contributed by atoms with Crippen LogP contribution in [0.3, 0.4) is 0 Å². The standard InChI is InChI=1S/C16H30N2O/c1-3-13-5-7-14(8-6-13)18-15(19)16(4-2)9-11-17-12-10-16/h13-14,17H,3-12H2,1-2H3,(H,18,19). The third kappa shape index (κ3) is 3.50. The van der Waals surface area contributed by atoms with E-state index in [2.05, 4.69) is 24.5 Å². The van der Waals surface area contributed by atoms with E-state index in [-0.39, 0.29) is 5.41 Å². The van der Waals surface area contributed by atoms with Gasteiger partial charge in [-0.15, -0.1) is 0 Å². The van der Waals surface area contributed by atoms with Crippen molar-refractivity contribution in [2.24, 2.45) is 11.3 Å². The van der Waals surface area contributed by atoms with Crippen LogP contribution < -0.4 is 10.6 Å². The highest BCUT2D eigenvalue weighted by atomic mass is 16.2. The fourth-order valence-corrected chi connectivity index (χ4v) is 3.70. The van der Waals surface area contributed by atoms with Crippen LogP contribution in [0, 0.1) is 11.3 Å². The molecule has 110 valence electrons. The molecule has 3 heteroatoms. The number of hydrogen-bond donors (Lipinski definition) is 2. The SMILES string of the molecule is CCC1CCC(NC(=O)C2(CC)CCNCC2)CC1. The van der Waals surface area contributed by atoms with Crippen molar-refractivity contribution in [1.29, 1.82) is 0 Å². The molecule has 0 atom stereocenters. The Kier molecular flexibility index (Phi) is 5.26. The van der Waals surface area contributed by atoms with Gasteiger partial charge in [-0.2, -0.15) is 0 Å². The smallest absolute Gasteiger partial charge is 0.226 e. The highest BCUT2D eigenvalue weighted by molar-refractivity contribution is 5.83. The molecule has 2 aliphatic rings. The topological polar surface area (TPSA) is 41.1 Å². The Morgan fingerprint density at radius 2 is 1.79 bits per heavy atom. The first-order valence-electron chi connectivity index (χ1n) is 8.22. The Morgan fingerprint density at radius 3 is 2.32 bits per heavy atom. The Morgan fingerprint density at radius 1 is 1.16 bits per heavy atom. The van der Waals surface area contributed by atoms with E-state index in [1.165, 1.54) is 32.1 Å². The minimum Gasteiger partial charge on any atom is -0.353 e. The second-order valence-electron chi connectivity index (χ2n) is 6.48. The van der Waals surface area contributed by atoms with E-state index in [0.29, 0.717) is 11.9 Å². The summed E-state index contributed by atoms with van der Waals surface area (Å²) in [4.78, 5) is 12.6. The van der Waals surface area contributed by atoms with Gasteiger partial charge < -0.3 is 10.6 Å². The van der Waals surface area contributed by atoms with Crippen molar-refractivity contribution in [2.45, 2.75) is 71.3 Å². The maximum atomic E-state index is 12.6. The van der Waals surface area contributed by atoms with E-state index >= 15 is 0 Å². The van der Waals surface area contributed by atoms with Gasteiger partial charge in [-0.3, -0.25) is 4.79 Å². The molecular weight excluding hydrogens is 236 g/mol. The molecule has 0 bridgehead atoms. The van der Waals surface area contributed by atoms with Crippen LogP contribution in [-0.2, 0) is 4.79 Å². The molecule has 0 spiro atoms. The van der Waals surface area contributed by atoms with Crippen LogP contribution in [0.2, 0.25) is 0 Å². The first kappa shape index (κ1) is 14.8. The maximum Gasteiger partial charge on any atom is 0.226 e. The van der Waals surface area contributed by atoms with Gasteiger partial charge in [-0.05, 0) is 64.0 Å². The quantitative estimate of drug-likeness (QED) is 0.821. The Hall–Kier alpha value is -0.570. The Bertz CT molecular complexity index is 289. The summed E-state index contributed by atoms with van der Waals surface area (Å²) < 4.78 is 0. The van der Waals surface area contributed by atoms with E-state index < -0.39 is 0 Å². The van der Waals surface area contributed by atoms with Crippen LogP contribution in [0.4, 0.5) is 0 Å². The molecule has 1 aliphatic heterocycles. The summed E-state index contributed by atoms with van der Waals surface area (Å²) in [6.07, 6.45) is 9.23. The fourth-order valence-electron chi connectivity index (χ4n) is 3.70. The Balaban J connectivity index is 1.86. The average Bonchev–Trinajstić information content (AvgIpc) is 2.48. The van der Waals surface area contributed by atoms with E-state index in [1.54, 1.807) is 0 Å². The molecule has 19 heavy (non-hydrogen) atoms. The van der Waals surface area contributed by atoms with Crippen molar-refractivity contribution < 1.29 is 4.79 Å². The lowest BCUT2D eigenvalue weighted by Crippen LogP contribution is -2.50. The summed E-state index contributed by atoms with van der Waals surface area (Å²) in [7, 11) is 0. The lowest BCUT2D eigenvalue weighted by atomic mass is 9.75. The second-order valence-corrected chi connectivity index (χ2v) is 6.48. The molecule has 0 aromatic rings. The van der Waals surface area contributed by atoms with Crippen LogP contribution in [0.25, 0.3) is 0 Å². The number of amides is 1. The van der Waals surface area contributed by atoms with Crippen molar-refractivity contribution in [3.8, 4) is 0 Å². The minimum absolute atomic E-state index is 0.0904. The van der Waals surface area contributed by atoms with Crippen molar-refractivity contribution in [3.05, 3.63) is 0 Å². The molecule has 0 radical (unpaired) electrons. The molecule has 2 rings (SSSR count). The third-order valence-electron chi connectivity index (χ3n) is 5.48. The summed E-state index contributed by atoms with van der Waals surface area (Å²) in [5, 5.41) is 6.72. The average molecular weight is 266 g/mol. The maximum absolute atomic E-state index is 12.6. The van der Waals surface area contributed by atoms with Crippen LogP contribution in [0.15, 0.2) is 0 Å². The van der Waals surface area contributed by atoms with E-state index in [1.807, 2.05) is 0 Å². The van der Waals surface area contributed by atoms with Gasteiger partial charge in [0, 0.05) is 6.04 Å². The summed E-state index contributed by atoms with van der Waals surface area (Å²) >= 11 is 0. The summed E-state index contributed by atoms with van der Waals surface area (Å²) in [6, 6.07) is 0.439. The van der Waals surface area contributed by atoms with Gasteiger partial charge in [-0.25, -0.2) is 0 Å². The lowest BCUT2D eigenvalue weighted by molar-refractivity contribution is -0.133. The van der Waals surface area contributed by atoms with Gasteiger partial charge >= 0.3 is 0 Å². The van der Waals surface area contributed by atoms with Gasteiger partial charge in [0.2, 0.25) is 5.91 Å². The van der Waals surface area contributed by atoms with Gasteiger partial charge in [0.15, 0.2) is 0 Å². The molecular formula is C16H30N2O. The highest BCUT2D eigenvalue weighted by Gasteiger charge is 2.38. The summed E-state index contributed by atoms with van der Waals surface area (Å²) in [5.74, 6) is 1.23. The summed E-state index contributed by atoms with van der Waals surface area (Å²) in [5.41, 5.74) is -0.0904. The predicted molar refractivity (Wildman–Crippen MR) is 79.0 cm³/mol. The van der Waals surface area contributed by atoms with Crippen LogP contribution in [0.1, 0.15) is 65.2 Å². The molecule has 1 aliphatic carbocycles. The fraction of sp³-hybridized carbons (Fsp3) is 0.938. The minimum atomic E-state index is -0.0904. The van der Waals surface area contributed by atoms with Gasteiger partial charge in [0.05, 0.1) is 5.41 Å². The van der Waals surface area contributed by atoms with Crippen LogP contribution in [0.5, 0.6) is 0 Å². The van der Waals surface area contributed by atoms with Crippen molar-refractivity contribution in [2.75, 3.05) is 13.1 Å². The van der Waals surface area contributed by atoms with Gasteiger partial charge in [0.25, 0.3) is 0 Å². The van der Waals surface area contributed by atoms with Crippen molar-refractivity contribution >= 4 is 5.91 Å². The normalized spacial score (nSPS) is 30.8. The summed E-state index contributed by atoms with van der Waals surface area (Å²) in [6.45, 7) is 6.43. The number of nitrogens with one attached hydrogen (secondary N) is 2. The van der Waals surface area contributed by atoms with Gasteiger partial charge in [0.1, 0.15) is 0 Å². The molecule has 0 aromatic heterocycles. The number of hydrogen-bond acceptors (Lipinski definition) is 2. The molecule has 1 amide bonds. The molecule has 1 saturated carbocycles. The van der Waals surface area contributed by atoms with Crippen molar-refractivity contribution in [1.82, 2.24) is 10.6 Å². The largest absolute Gasteiger partial charge is 0.353 e. The van der Waals surface area contributed by atoms with Crippen LogP contribution >= 0.6 is 0 Å². The molecule has 2 N–H and O–H groups in total. The molecule has 2 fully saturated rings. The van der Waals surface area contributed by atoms with Crippen LogP contribution in [-0.4, -0.2) is 25.0 Å². The van der Waals surface area contributed by atoms with Crippen molar-refractivity contribution in [3.63, 3.8) is 0 Å². The number of carbonyl (C=O) groups excluding carboxylic acids is 1.